The largest absolute Gasteiger partial charge is 0.496 e. The smallest absolute Gasteiger partial charge is 0.416 e. The van der Waals surface area contributed by atoms with Crippen LogP contribution in [0.4, 0.5) is 13.2 Å². The number of ether oxygens (including phenoxy) is 1. The fourth-order valence-electron chi connectivity index (χ4n) is 3.45. The van der Waals surface area contributed by atoms with E-state index in [1.807, 2.05) is 0 Å². The number of nitrogens with zero attached hydrogens (tertiary/aromatic N) is 2. The summed E-state index contributed by atoms with van der Waals surface area (Å²) < 4.78 is 45.3. The van der Waals surface area contributed by atoms with Gasteiger partial charge in [-0.25, -0.2) is 9.78 Å². The average Bonchev–Trinajstić information content (AvgIpc) is 3.34. The van der Waals surface area contributed by atoms with Crippen LogP contribution in [0, 0.1) is 0 Å². The third-order valence-corrected chi connectivity index (χ3v) is 6.97. The zero-order valence-corrected chi connectivity index (χ0v) is 18.0. The topological polar surface area (TPSA) is 106 Å². The minimum Gasteiger partial charge on any atom is -0.496 e. The van der Waals surface area contributed by atoms with Crippen LogP contribution in [0.25, 0.3) is 0 Å². The molecule has 0 radical (unpaired) electrons. The summed E-state index contributed by atoms with van der Waals surface area (Å²) in [4.78, 5) is 28.9. The van der Waals surface area contributed by atoms with Gasteiger partial charge in [0.15, 0.2) is 10.0 Å². The van der Waals surface area contributed by atoms with Crippen LogP contribution in [-0.4, -0.2) is 52.3 Å². The van der Waals surface area contributed by atoms with E-state index in [0.717, 1.165) is 12.1 Å². The molecular weight excluding hydrogens is 455 g/mol. The number of halogens is 3. The summed E-state index contributed by atoms with van der Waals surface area (Å²) in [6.45, 7) is 0.311. The molecule has 3 rings (SSSR count). The number of alkyl halides is 3. The zero-order chi connectivity index (χ0) is 22.8. The number of thiazole rings is 1. The van der Waals surface area contributed by atoms with Crippen molar-refractivity contribution < 1.29 is 32.6 Å². The number of carboxylic acid groups (broad SMARTS) is 1. The molecule has 0 bridgehead atoms. The highest BCUT2D eigenvalue weighted by molar-refractivity contribution is 8.01. The molecule has 2 atom stereocenters. The fourth-order valence-corrected chi connectivity index (χ4v) is 5.26. The molecule has 3 N–H and O–H groups in total. The van der Waals surface area contributed by atoms with E-state index in [-0.39, 0.29) is 29.3 Å². The molecule has 1 aliphatic rings. The standard InChI is InChI=1S/C19H20F3N3O4S2/c1-29-14-4-2-10(19(20,21)22)8-11(14)16(23)13-3-5-15(26)25(13)6-7-30-18-24-12(9-31-18)17(27)28/h2,4,8-9,13,16H,3,5-7,23H2,1H3,(H,27,28)/t13-,16?/m1/s1. The quantitative estimate of drug-likeness (QED) is 0.562. The van der Waals surface area contributed by atoms with Crippen molar-refractivity contribution in [3.8, 4) is 5.75 Å². The van der Waals surface area contributed by atoms with Crippen LogP contribution in [0.1, 0.15) is 40.5 Å². The van der Waals surface area contributed by atoms with Gasteiger partial charge in [0.05, 0.1) is 24.8 Å². The molecule has 0 saturated carbocycles. The lowest BCUT2D eigenvalue weighted by Crippen LogP contribution is -2.41. The first-order valence-corrected chi connectivity index (χ1v) is 11.1. The summed E-state index contributed by atoms with van der Waals surface area (Å²) in [7, 11) is 1.35. The van der Waals surface area contributed by atoms with Crippen LogP contribution >= 0.6 is 23.1 Å². The number of aromatic carboxylic acids is 1. The van der Waals surface area contributed by atoms with Crippen LogP contribution < -0.4 is 10.5 Å². The van der Waals surface area contributed by atoms with Gasteiger partial charge in [0.1, 0.15) is 5.75 Å². The van der Waals surface area contributed by atoms with E-state index in [2.05, 4.69) is 4.98 Å². The molecule has 2 aromatic rings. The van der Waals surface area contributed by atoms with Gasteiger partial charge in [0.25, 0.3) is 0 Å². The molecule has 1 aliphatic heterocycles. The molecule has 7 nitrogen and oxygen atoms in total. The maximum Gasteiger partial charge on any atom is 0.416 e. The third-order valence-electron chi connectivity index (χ3n) is 4.97. The molecule has 0 aliphatic carbocycles. The van der Waals surface area contributed by atoms with Crippen molar-refractivity contribution in [1.82, 2.24) is 9.88 Å². The maximum absolute atomic E-state index is 13.2. The Kier molecular flexibility index (Phi) is 7.12. The first-order valence-electron chi connectivity index (χ1n) is 9.23. The normalized spacial score (nSPS) is 17.8. The summed E-state index contributed by atoms with van der Waals surface area (Å²) in [5.41, 5.74) is 5.66. The number of carbonyl (C=O) groups excluding carboxylic acids is 1. The Hall–Kier alpha value is -2.31. The number of nitrogens with two attached hydrogens (primary N) is 1. The number of likely N-dealkylation sites (tertiary alicyclic amines) is 1. The Labute approximate surface area is 184 Å². The van der Waals surface area contributed by atoms with Crippen LogP contribution in [0.3, 0.4) is 0 Å². The van der Waals surface area contributed by atoms with E-state index < -0.39 is 29.8 Å². The van der Waals surface area contributed by atoms with Gasteiger partial charge < -0.3 is 20.5 Å². The molecular formula is C19H20F3N3O4S2. The fraction of sp³-hybridized carbons (Fsp3) is 0.421. The van der Waals surface area contributed by atoms with Crippen LogP contribution in [0.15, 0.2) is 27.9 Å². The van der Waals surface area contributed by atoms with Crippen molar-refractivity contribution in [1.29, 1.82) is 0 Å². The van der Waals surface area contributed by atoms with Crippen LogP contribution in [0.5, 0.6) is 5.75 Å². The van der Waals surface area contributed by atoms with Crippen molar-refractivity contribution in [2.45, 2.75) is 35.4 Å². The Bertz CT molecular complexity index is 967. The van der Waals surface area contributed by atoms with Crippen molar-refractivity contribution in [2.75, 3.05) is 19.4 Å². The number of carbonyl (C=O) groups is 2. The molecule has 2 heterocycles. The predicted octanol–water partition coefficient (Wildman–Crippen LogP) is 3.65. The molecule has 1 saturated heterocycles. The number of hydrogen-bond donors (Lipinski definition) is 2. The molecule has 31 heavy (non-hydrogen) atoms. The third kappa shape index (κ3) is 5.31. The molecule has 1 fully saturated rings. The van der Waals surface area contributed by atoms with Gasteiger partial charge in [0.2, 0.25) is 5.91 Å². The second kappa shape index (κ2) is 9.45. The SMILES string of the molecule is COc1ccc(C(F)(F)F)cc1C(N)[C@H]1CCC(=O)N1CCSc1nc(C(=O)O)cs1. The van der Waals surface area contributed by atoms with Gasteiger partial charge in [-0.05, 0) is 24.6 Å². The lowest BCUT2D eigenvalue weighted by Gasteiger charge is -2.30. The van der Waals surface area contributed by atoms with E-state index in [0.29, 0.717) is 23.1 Å². The number of hydrogen-bond acceptors (Lipinski definition) is 7. The molecule has 1 aromatic heterocycles. The Balaban J connectivity index is 1.73. The number of thioether (sulfide) groups is 1. The summed E-state index contributed by atoms with van der Waals surface area (Å²) in [5, 5.41) is 10.4. The number of methoxy groups -OCH3 is 1. The number of rotatable bonds is 8. The second-order valence-electron chi connectivity index (χ2n) is 6.83. The lowest BCUT2D eigenvalue weighted by molar-refractivity contribution is -0.137. The van der Waals surface area contributed by atoms with E-state index in [9.17, 15) is 22.8 Å². The highest BCUT2D eigenvalue weighted by atomic mass is 32.2. The number of benzene rings is 1. The molecule has 0 spiro atoms. The van der Waals surface area contributed by atoms with Gasteiger partial charge in [-0.3, -0.25) is 4.79 Å². The minimum atomic E-state index is -4.52. The average molecular weight is 476 g/mol. The molecule has 12 heteroatoms. The van der Waals surface area contributed by atoms with E-state index in [1.165, 1.54) is 41.7 Å². The van der Waals surface area contributed by atoms with E-state index in [1.54, 1.807) is 4.90 Å². The molecule has 1 unspecified atom stereocenters. The van der Waals surface area contributed by atoms with Gasteiger partial charge in [-0.1, -0.05) is 11.8 Å². The minimum absolute atomic E-state index is 0.0405. The first-order chi connectivity index (χ1) is 14.6. The van der Waals surface area contributed by atoms with Crippen molar-refractivity contribution in [3.63, 3.8) is 0 Å². The summed E-state index contributed by atoms with van der Waals surface area (Å²) in [5.74, 6) is -0.559. The summed E-state index contributed by atoms with van der Waals surface area (Å²) >= 11 is 2.50. The van der Waals surface area contributed by atoms with Gasteiger partial charge in [0, 0.05) is 29.7 Å². The maximum atomic E-state index is 13.2. The van der Waals surface area contributed by atoms with Crippen LogP contribution in [0.2, 0.25) is 0 Å². The predicted molar refractivity (Wildman–Crippen MR) is 109 cm³/mol. The molecule has 1 amide bonds. The van der Waals surface area contributed by atoms with Crippen LogP contribution in [-0.2, 0) is 11.0 Å². The molecule has 168 valence electrons. The van der Waals surface area contributed by atoms with Gasteiger partial charge in [-0.15, -0.1) is 11.3 Å². The first kappa shape index (κ1) is 23.4. The second-order valence-corrected chi connectivity index (χ2v) is 9.03. The Morgan fingerprint density at radius 2 is 2.23 bits per heavy atom. The van der Waals surface area contributed by atoms with E-state index >= 15 is 0 Å². The summed E-state index contributed by atoms with van der Waals surface area (Å²) in [6, 6.07) is 1.81. The number of aromatic nitrogens is 1. The summed E-state index contributed by atoms with van der Waals surface area (Å²) in [6.07, 6.45) is -3.85. The highest BCUT2D eigenvalue weighted by Gasteiger charge is 2.38. The monoisotopic (exact) mass is 475 g/mol. The molecule has 1 aromatic carbocycles. The number of amides is 1. The Morgan fingerprint density at radius 1 is 1.48 bits per heavy atom. The zero-order valence-electron chi connectivity index (χ0n) is 16.4. The van der Waals surface area contributed by atoms with Crippen molar-refractivity contribution in [3.05, 3.63) is 40.4 Å². The van der Waals surface area contributed by atoms with E-state index in [4.69, 9.17) is 15.6 Å². The van der Waals surface area contributed by atoms with Crippen molar-refractivity contribution in [2.24, 2.45) is 5.73 Å². The van der Waals surface area contributed by atoms with Crippen molar-refractivity contribution >= 4 is 35.0 Å². The van der Waals surface area contributed by atoms with Gasteiger partial charge in [-0.2, -0.15) is 13.2 Å². The highest BCUT2D eigenvalue weighted by Crippen LogP contribution is 2.38. The lowest BCUT2D eigenvalue weighted by atomic mass is 9.95. The Morgan fingerprint density at radius 3 is 2.84 bits per heavy atom. The number of carboxylic acids is 1. The van der Waals surface area contributed by atoms with Gasteiger partial charge >= 0.3 is 12.1 Å².